The molecule has 3 aromatic carbocycles. The van der Waals surface area contributed by atoms with Crippen LogP contribution < -0.4 is 5.32 Å². The van der Waals surface area contributed by atoms with Gasteiger partial charge in [0, 0.05) is 29.5 Å². The predicted octanol–water partition coefficient (Wildman–Crippen LogP) is 4.56. The molecule has 10 heteroatoms. The van der Waals surface area contributed by atoms with Crippen molar-refractivity contribution in [3.8, 4) is 11.3 Å². The van der Waals surface area contributed by atoms with Gasteiger partial charge in [0.2, 0.25) is 5.91 Å². The Hall–Kier alpha value is -4.70. The number of amides is 3. The van der Waals surface area contributed by atoms with Crippen LogP contribution in [0.2, 0.25) is 0 Å². The van der Waals surface area contributed by atoms with Gasteiger partial charge in [0.1, 0.15) is 6.04 Å². The van der Waals surface area contributed by atoms with Crippen molar-refractivity contribution in [2.75, 3.05) is 5.32 Å². The molecule has 0 saturated heterocycles. The molecule has 1 atom stereocenters. The lowest BCUT2D eigenvalue weighted by atomic mass is 10.0. The van der Waals surface area contributed by atoms with Gasteiger partial charge in [-0.2, -0.15) is 0 Å². The molecule has 178 valence electrons. The molecule has 1 aliphatic rings. The van der Waals surface area contributed by atoms with E-state index in [-0.39, 0.29) is 28.4 Å². The fraction of sp³-hybridized carbons (Fsp3) is 0.0769. The van der Waals surface area contributed by atoms with Gasteiger partial charge >= 0.3 is 0 Å². The van der Waals surface area contributed by atoms with Crippen molar-refractivity contribution in [1.82, 2.24) is 9.88 Å². The second-order valence-electron chi connectivity index (χ2n) is 8.07. The molecule has 1 N–H and O–H groups in total. The Kier molecular flexibility index (Phi) is 6.09. The van der Waals surface area contributed by atoms with Crippen LogP contribution in [-0.2, 0) is 11.2 Å². The van der Waals surface area contributed by atoms with Crippen LogP contribution in [0.4, 0.5) is 10.8 Å². The summed E-state index contributed by atoms with van der Waals surface area (Å²) in [6.07, 6.45) is 0.126. The molecule has 0 unspecified atom stereocenters. The van der Waals surface area contributed by atoms with E-state index in [1.165, 1.54) is 12.1 Å². The second kappa shape index (κ2) is 9.51. The van der Waals surface area contributed by atoms with E-state index in [1.54, 1.807) is 41.8 Å². The van der Waals surface area contributed by atoms with Crippen LogP contribution >= 0.6 is 11.3 Å². The SMILES string of the molecule is O=C(Nc1nc(-c2cccc([N+](=O)[O-])c2)cs1)[C@@H](Cc1ccccc1)N1C(=O)c2ccccc2C1=O. The number of benzene rings is 3. The van der Waals surface area contributed by atoms with Crippen molar-refractivity contribution >= 4 is 39.9 Å². The van der Waals surface area contributed by atoms with Gasteiger partial charge in [0.25, 0.3) is 17.5 Å². The molecule has 0 radical (unpaired) electrons. The van der Waals surface area contributed by atoms with E-state index in [1.807, 2.05) is 30.3 Å². The van der Waals surface area contributed by atoms with Gasteiger partial charge < -0.3 is 5.32 Å². The van der Waals surface area contributed by atoms with E-state index in [4.69, 9.17) is 0 Å². The minimum Gasteiger partial charge on any atom is -0.300 e. The molecule has 9 nitrogen and oxygen atoms in total. The van der Waals surface area contributed by atoms with Crippen molar-refractivity contribution < 1.29 is 19.3 Å². The average Bonchev–Trinajstić information content (AvgIpc) is 3.46. The van der Waals surface area contributed by atoms with E-state index >= 15 is 0 Å². The summed E-state index contributed by atoms with van der Waals surface area (Å²) < 4.78 is 0. The van der Waals surface area contributed by atoms with Gasteiger partial charge in [-0.25, -0.2) is 4.98 Å². The molecule has 5 rings (SSSR count). The number of aromatic nitrogens is 1. The highest BCUT2D eigenvalue weighted by Crippen LogP contribution is 2.29. The van der Waals surface area contributed by atoms with E-state index in [0.717, 1.165) is 21.8 Å². The Morgan fingerprint density at radius 1 is 0.972 bits per heavy atom. The minimum atomic E-state index is -1.11. The molecule has 2 heterocycles. The van der Waals surface area contributed by atoms with Crippen LogP contribution in [0.3, 0.4) is 0 Å². The Labute approximate surface area is 209 Å². The number of nitrogens with one attached hydrogen (secondary N) is 1. The van der Waals surface area contributed by atoms with Gasteiger partial charge in [-0.15, -0.1) is 11.3 Å². The number of nitro benzene ring substituents is 1. The summed E-state index contributed by atoms with van der Waals surface area (Å²) >= 11 is 1.14. The summed E-state index contributed by atoms with van der Waals surface area (Å²) in [6, 6.07) is 20.5. The average molecular weight is 499 g/mol. The maximum Gasteiger partial charge on any atom is 0.270 e. The first kappa shape index (κ1) is 23.1. The summed E-state index contributed by atoms with van der Waals surface area (Å²) in [4.78, 5) is 55.7. The number of anilines is 1. The number of nitro groups is 1. The molecule has 1 aliphatic heterocycles. The Morgan fingerprint density at radius 3 is 2.31 bits per heavy atom. The highest BCUT2D eigenvalue weighted by atomic mass is 32.1. The van der Waals surface area contributed by atoms with Crippen molar-refractivity contribution in [2.24, 2.45) is 0 Å². The molecule has 0 saturated carbocycles. The molecule has 3 amide bonds. The summed E-state index contributed by atoms with van der Waals surface area (Å²) in [7, 11) is 0. The number of nitrogens with zero attached hydrogens (tertiary/aromatic N) is 3. The highest BCUT2D eigenvalue weighted by Gasteiger charge is 2.42. The lowest BCUT2D eigenvalue weighted by Crippen LogP contribution is -2.48. The molecule has 0 aliphatic carbocycles. The fourth-order valence-electron chi connectivity index (χ4n) is 4.06. The third-order valence-electron chi connectivity index (χ3n) is 5.80. The van der Waals surface area contributed by atoms with Crippen LogP contribution in [0.15, 0.2) is 84.2 Å². The first-order chi connectivity index (χ1) is 17.4. The van der Waals surface area contributed by atoms with E-state index in [9.17, 15) is 24.5 Å². The molecular weight excluding hydrogens is 480 g/mol. The largest absolute Gasteiger partial charge is 0.300 e. The molecule has 0 fully saturated rings. The third kappa shape index (κ3) is 4.37. The van der Waals surface area contributed by atoms with Crippen LogP contribution in [0.25, 0.3) is 11.3 Å². The molecule has 36 heavy (non-hydrogen) atoms. The van der Waals surface area contributed by atoms with Gasteiger partial charge in [-0.1, -0.05) is 54.6 Å². The lowest BCUT2D eigenvalue weighted by Gasteiger charge is -2.25. The number of imide groups is 1. The maximum absolute atomic E-state index is 13.5. The van der Waals surface area contributed by atoms with Crippen molar-refractivity contribution in [2.45, 2.75) is 12.5 Å². The maximum atomic E-state index is 13.5. The third-order valence-corrected chi connectivity index (χ3v) is 6.56. The standard InChI is InChI=1S/C26H18N4O5S/c31-23(28-26-27-21(15-36-26)17-9-6-10-18(14-17)30(34)35)22(13-16-7-2-1-3-8-16)29-24(32)19-11-4-5-12-20(19)25(29)33/h1-12,14-15,22H,13H2,(H,27,28,31)/t22-/m1/s1. The summed E-state index contributed by atoms with van der Waals surface area (Å²) in [5.41, 5.74) is 2.22. The first-order valence-corrected chi connectivity index (χ1v) is 11.8. The number of non-ortho nitro benzene ring substituents is 1. The lowest BCUT2D eigenvalue weighted by molar-refractivity contribution is -0.384. The number of fused-ring (bicyclic) bond motifs is 1. The monoisotopic (exact) mass is 498 g/mol. The molecular formula is C26H18N4O5S. The zero-order valence-electron chi connectivity index (χ0n) is 18.7. The minimum absolute atomic E-state index is 0.0698. The number of hydrogen-bond donors (Lipinski definition) is 1. The number of thiazole rings is 1. The molecule has 1 aromatic heterocycles. The van der Waals surface area contributed by atoms with E-state index in [2.05, 4.69) is 10.3 Å². The number of carbonyl (C=O) groups excluding carboxylic acids is 3. The summed E-state index contributed by atoms with van der Waals surface area (Å²) in [6.45, 7) is 0. The number of rotatable bonds is 7. The van der Waals surface area contributed by atoms with Gasteiger partial charge in [0.05, 0.1) is 21.7 Å². The van der Waals surface area contributed by atoms with E-state index in [0.29, 0.717) is 11.3 Å². The quantitative estimate of drug-likeness (QED) is 0.226. The smallest absolute Gasteiger partial charge is 0.270 e. The highest BCUT2D eigenvalue weighted by molar-refractivity contribution is 7.14. The Morgan fingerprint density at radius 2 is 1.64 bits per heavy atom. The molecule has 0 spiro atoms. The van der Waals surface area contributed by atoms with Crippen LogP contribution in [0.5, 0.6) is 0 Å². The second-order valence-corrected chi connectivity index (χ2v) is 8.92. The zero-order chi connectivity index (χ0) is 25.2. The van der Waals surface area contributed by atoms with Gasteiger partial charge in [-0.3, -0.25) is 29.4 Å². The Bertz CT molecular complexity index is 1470. The normalized spacial score (nSPS) is 13.4. The summed E-state index contributed by atoms with van der Waals surface area (Å²) in [5, 5.41) is 15.7. The van der Waals surface area contributed by atoms with Crippen LogP contribution in [-0.4, -0.2) is 38.6 Å². The number of carbonyl (C=O) groups is 3. The number of hydrogen-bond acceptors (Lipinski definition) is 7. The van der Waals surface area contributed by atoms with Crippen molar-refractivity contribution in [1.29, 1.82) is 0 Å². The zero-order valence-corrected chi connectivity index (χ0v) is 19.5. The van der Waals surface area contributed by atoms with Gasteiger partial charge in [-0.05, 0) is 17.7 Å². The van der Waals surface area contributed by atoms with Crippen molar-refractivity contribution in [3.05, 3.63) is 111 Å². The van der Waals surface area contributed by atoms with Crippen LogP contribution in [0, 0.1) is 10.1 Å². The predicted molar refractivity (Wildman–Crippen MR) is 134 cm³/mol. The molecule has 4 aromatic rings. The van der Waals surface area contributed by atoms with Gasteiger partial charge in [0.15, 0.2) is 5.13 Å². The topological polar surface area (TPSA) is 123 Å². The first-order valence-electron chi connectivity index (χ1n) is 10.9. The van der Waals surface area contributed by atoms with Crippen molar-refractivity contribution in [3.63, 3.8) is 0 Å². The molecule has 0 bridgehead atoms. The van der Waals surface area contributed by atoms with Crippen LogP contribution in [0.1, 0.15) is 26.3 Å². The fourth-order valence-corrected chi connectivity index (χ4v) is 4.78. The summed E-state index contributed by atoms with van der Waals surface area (Å²) in [5.74, 6) is -1.61. The van der Waals surface area contributed by atoms with E-state index < -0.39 is 28.7 Å². The Balaban J connectivity index is 1.43.